The van der Waals surface area contributed by atoms with Gasteiger partial charge in [-0.15, -0.1) is 0 Å². The molecule has 124 valence electrons. The second kappa shape index (κ2) is 5.86. The molecule has 4 aromatic heterocycles. The van der Waals surface area contributed by atoms with Crippen molar-refractivity contribution < 1.29 is 13.9 Å². The van der Waals surface area contributed by atoms with Gasteiger partial charge in [0.15, 0.2) is 17.2 Å². The van der Waals surface area contributed by atoms with Crippen molar-refractivity contribution in [3.8, 4) is 17.3 Å². The van der Waals surface area contributed by atoms with Gasteiger partial charge in [0.05, 0.1) is 30.0 Å². The van der Waals surface area contributed by atoms with E-state index in [1.165, 1.54) is 7.11 Å². The number of ether oxygens (including phenoxy) is 1. The van der Waals surface area contributed by atoms with Crippen molar-refractivity contribution in [3.05, 3.63) is 60.1 Å². The lowest BCUT2D eigenvalue weighted by atomic mass is 10.1. The van der Waals surface area contributed by atoms with Crippen LogP contribution in [0.4, 0.5) is 0 Å². The summed E-state index contributed by atoms with van der Waals surface area (Å²) in [6.07, 6.45) is 3.23. The fourth-order valence-corrected chi connectivity index (χ4v) is 2.75. The molecule has 4 rings (SSSR count). The summed E-state index contributed by atoms with van der Waals surface area (Å²) in [5.41, 5.74) is 2.10. The molecule has 0 N–H and O–H groups in total. The predicted molar refractivity (Wildman–Crippen MR) is 90.4 cm³/mol. The van der Waals surface area contributed by atoms with Crippen molar-refractivity contribution in [2.75, 3.05) is 7.11 Å². The van der Waals surface area contributed by atoms with E-state index in [4.69, 9.17) is 9.15 Å². The number of furan rings is 1. The number of hydrogen-bond donors (Lipinski definition) is 0. The number of pyridine rings is 2. The van der Waals surface area contributed by atoms with Gasteiger partial charge in [-0.25, -0.2) is 14.8 Å². The molecule has 0 saturated carbocycles. The summed E-state index contributed by atoms with van der Waals surface area (Å²) >= 11 is 0. The maximum atomic E-state index is 12.3. The summed E-state index contributed by atoms with van der Waals surface area (Å²) in [5, 5.41) is 5.15. The number of carbonyl (C=O) groups is 1. The monoisotopic (exact) mass is 334 g/mol. The van der Waals surface area contributed by atoms with Crippen molar-refractivity contribution in [3.63, 3.8) is 0 Å². The van der Waals surface area contributed by atoms with Crippen LogP contribution in [-0.4, -0.2) is 32.8 Å². The Kier molecular flexibility index (Phi) is 3.53. The molecule has 0 amide bonds. The number of nitrogens with zero attached hydrogens (tertiary/aromatic N) is 4. The van der Waals surface area contributed by atoms with Gasteiger partial charge < -0.3 is 9.15 Å². The molecule has 0 radical (unpaired) electrons. The molecule has 0 aliphatic carbocycles. The summed E-state index contributed by atoms with van der Waals surface area (Å²) in [4.78, 5) is 21.3. The van der Waals surface area contributed by atoms with Gasteiger partial charge >= 0.3 is 5.97 Å². The van der Waals surface area contributed by atoms with Gasteiger partial charge in [0, 0.05) is 6.20 Å². The Bertz CT molecular complexity index is 1050. The van der Waals surface area contributed by atoms with Crippen molar-refractivity contribution in [1.29, 1.82) is 0 Å². The van der Waals surface area contributed by atoms with Crippen molar-refractivity contribution in [1.82, 2.24) is 19.7 Å². The van der Waals surface area contributed by atoms with Gasteiger partial charge in [0.2, 0.25) is 0 Å². The van der Waals surface area contributed by atoms with Crippen LogP contribution in [0.15, 0.2) is 53.3 Å². The van der Waals surface area contributed by atoms with E-state index in [9.17, 15) is 4.79 Å². The van der Waals surface area contributed by atoms with E-state index < -0.39 is 5.97 Å². The van der Waals surface area contributed by atoms with E-state index in [2.05, 4.69) is 15.1 Å². The smallest absolute Gasteiger partial charge is 0.338 e. The van der Waals surface area contributed by atoms with Crippen molar-refractivity contribution in [2.45, 2.75) is 6.92 Å². The Balaban J connectivity index is 2.07. The lowest BCUT2D eigenvalue weighted by Gasteiger charge is -2.06. The Hall–Kier alpha value is -3.48. The second-order valence-corrected chi connectivity index (χ2v) is 5.41. The van der Waals surface area contributed by atoms with Crippen LogP contribution in [0, 0.1) is 6.92 Å². The van der Waals surface area contributed by atoms with E-state index in [1.54, 1.807) is 35.3 Å². The first kappa shape index (κ1) is 15.1. The molecule has 0 fully saturated rings. The van der Waals surface area contributed by atoms with E-state index in [1.807, 2.05) is 25.1 Å². The molecule has 4 heterocycles. The van der Waals surface area contributed by atoms with Crippen molar-refractivity contribution in [2.24, 2.45) is 0 Å². The van der Waals surface area contributed by atoms with Crippen LogP contribution in [0.1, 0.15) is 16.1 Å². The summed E-state index contributed by atoms with van der Waals surface area (Å²) in [7, 11) is 1.35. The zero-order valence-electron chi connectivity index (χ0n) is 13.6. The molecule has 4 aromatic rings. The molecular weight excluding hydrogens is 320 g/mol. The van der Waals surface area contributed by atoms with Crippen LogP contribution >= 0.6 is 0 Å². The molecule has 25 heavy (non-hydrogen) atoms. The quantitative estimate of drug-likeness (QED) is 0.535. The van der Waals surface area contributed by atoms with Gasteiger partial charge in [-0.2, -0.15) is 9.78 Å². The highest BCUT2D eigenvalue weighted by atomic mass is 16.5. The van der Waals surface area contributed by atoms with E-state index in [0.717, 1.165) is 0 Å². The molecule has 0 saturated heterocycles. The number of methoxy groups -OCH3 is 1. The van der Waals surface area contributed by atoms with Gasteiger partial charge in [-0.05, 0) is 37.3 Å². The van der Waals surface area contributed by atoms with Gasteiger partial charge in [-0.1, -0.05) is 6.07 Å². The fraction of sp³-hybridized carbons (Fsp3) is 0.111. The number of carbonyl (C=O) groups excluding carboxylic acids is 1. The molecule has 0 bridgehead atoms. The van der Waals surface area contributed by atoms with Crippen molar-refractivity contribution >= 4 is 17.0 Å². The lowest BCUT2D eigenvalue weighted by Crippen LogP contribution is -2.05. The predicted octanol–water partition coefficient (Wildman–Crippen LogP) is 3.17. The molecule has 7 nitrogen and oxygen atoms in total. The largest absolute Gasteiger partial charge is 0.465 e. The Labute approximate surface area is 142 Å². The minimum atomic E-state index is -0.455. The molecule has 0 aliphatic heterocycles. The van der Waals surface area contributed by atoms with Crippen LogP contribution in [0.3, 0.4) is 0 Å². The first-order valence-electron chi connectivity index (χ1n) is 7.63. The first-order chi connectivity index (χ1) is 12.2. The van der Waals surface area contributed by atoms with Crippen LogP contribution in [-0.2, 0) is 4.74 Å². The fourth-order valence-electron chi connectivity index (χ4n) is 2.75. The van der Waals surface area contributed by atoms with E-state index >= 15 is 0 Å². The number of aromatic nitrogens is 4. The normalized spacial score (nSPS) is 11.0. The van der Waals surface area contributed by atoms with Gasteiger partial charge in [0.1, 0.15) is 5.69 Å². The van der Waals surface area contributed by atoms with Crippen LogP contribution in [0.5, 0.6) is 0 Å². The Morgan fingerprint density at radius 2 is 2.12 bits per heavy atom. The summed E-state index contributed by atoms with van der Waals surface area (Å²) in [5.74, 6) is 0.711. The second-order valence-electron chi connectivity index (χ2n) is 5.41. The number of fused-ring (bicyclic) bond motifs is 1. The van der Waals surface area contributed by atoms with Gasteiger partial charge in [0.25, 0.3) is 0 Å². The number of esters is 1. The lowest BCUT2D eigenvalue weighted by molar-refractivity contribution is 0.0603. The molecule has 0 aliphatic rings. The Morgan fingerprint density at radius 3 is 2.80 bits per heavy atom. The average Bonchev–Trinajstić information content (AvgIpc) is 3.29. The van der Waals surface area contributed by atoms with E-state index in [-0.39, 0.29) is 0 Å². The maximum Gasteiger partial charge on any atom is 0.338 e. The number of aryl methyl sites for hydroxylation is 1. The third kappa shape index (κ3) is 2.46. The average molecular weight is 334 g/mol. The number of hydrogen-bond acceptors (Lipinski definition) is 6. The number of rotatable bonds is 3. The topological polar surface area (TPSA) is 83.0 Å². The minimum absolute atomic E-state index is 0.388. The summed E-state index contributed by atoms with van der Waals surface area (Å²) in [6.45, 7) is 1.82. The molecule has 7 heteroatoms. The van der Waals surface area contributed by atoms with E-state index in [0.29, 0.717) is 39.6 Å². The molecule has 0 aromatic carbocycles. The molecule has 0 unspecified atom stereocenters. The highest BCUT2D eigenvalue weighted by Crippen LogP contribution is 2.29. The van der Waals surface area contributed by atoms with Crippen LogP contribution < -0.4 is 0 Å². The van der Waals surface area contributed by atoms with Crippen LogP contribution in [0.25, 0.3) is 28.3 Å². The summed E-state index contributed by atoms with van der Waals surface area (Å²) < 4.78 is 12.0. The third-order valence-corrected chi connectivity index (χ3v) is 3.86. The Morgan fingerprint density at radius 1 is 1.24 bits per heavy atom. The molecular formula is C18H14N4O3. The SMILES string of the molecule is COC(=O)c1cc(-c2ccco2)nc2c1c(C)nn2-c1ccccn1. The first-order valence-corrected chi connectivity index (χ1v) is 7.63. The summed E-state index contributed by atoms with van der Waals surface area (Å²) in [6, 6.07) is 10.7. The zero-order chi connectivity index (χ0) is 17.4. The minimum Gasteiger partial charge on any atom is -0.465 e. The highest BCUT2D eigenvalue weighted by molar-refractivity contribution is 6.05. The maximum absolute atomic E-state index is 12.3. The zero-order valence-corrected chi connectivity index (χ0v) is 13.6. The standard InChI is InChI=1S/C18H14N4O3/c1-11-16-12(18(23)24-2)10-13(14-6-5-9-25-14)20-17(16)22(21-11)15-7-3-4-8-19-15/h3-10H,1-2H3. The van der Waals surface area contributed by atoms with Crippen LogP contribution in [0.2, 0.25) is 0 Å². The third-order valence-electron chi connectivity index (χ3n) is 3.86. The molecule has 0 spiro atoms. The highest BCUT2D eigenvalue weighted by Gasteiger charge is 2.22. The van der Waals surface area contributed by atoms with Gasteiger partial charge in [-0.3, -0.25) is 0 Å². The molecule has 0 atom stereocenters.